The van der Waals surface area contributed by atoms with Crippen molar-refractivity contribution in [1.29, 1.82) is 0 Å². The Morgan fingerprint density at radius 1 is 1.30 bits per heavy atom. The lowest BCUT2D eigenvalue weighted by molar-refractivity contribution is 0.211. The van der Waals surface area contributed by atoms with E-state index in [9.17, 15) is 0 Å². The van der Waals surface area contributed by atoms with E-state index in [-0.39, 0.29) is 0 Å². The van der Waals surface area contributed by atoms with Crippen molar-refractivity contribution in [3.63, 3.8) is 0 Å². The molecule has 1 N–H and O–H groups in total. The highest BCUT2D eigenvalue weighted by atomic mass is 16.3. The maximum absolute atomic E-state index is 5.61. The zero-order chi connectivity index (χ0) is 14.0. The molecule has 1 unspecified atom stereocenters. The van der Waals surface area contributed by atoms with Crippen LogP contribution in [0.4, 0.5) is 0 Å². The lowest BCUT2D eigenvalue weighted by Gasteiger charge is -2.34. The summed E-state index contributed by atoms with van der Waals surface area (Å²) in [4.78, 5) is 0. The molecular formula is C18H29NO. The second-order valence-corrected chi connectivity index (χ2v) is 7.43. The van der Waals surface area contributed by atoms with Crippen LogP contribution < -0.4 is 5.32 Å². The summed E-state index contributed by atoms with van der Waals surface area (Å²) in [5.74, 6) is 2.03. The molecule has 1 atom stereocenters. The van der Waals surface area contributed by atoms with Gasteiger partial charge < -0.3 is 9.73 Å². The summed E-state index contributed by atoms with van der Waals surface area (Å²) in [5, 5.41) is 3.89. The quantitative estimate of drug-likeness (QED) is 0.830. The van der Waals surface area contributed by atoms with Gasteiger partial charge in [0, 0.05) is 24.6 Å². The first-order chi connectivity index (χ1) is 9.69. The smallest absolute Gasteiger partial charge is 0.108 e. The Morgan fingerprint density at radius 3 is 2.85 bits per heavy atom. The molecule has 1 heterocycles. The Balaban J connectivity index is 1.64. The summed E-state index contributed by atoms with van der Waals surface area (Å²) in [6.07, 6.45) is 12.6. The van der Waals surface area contributed by atoms with Crippen molar-refractivity contribution in [1.82, 2.24) is 5.32 Å². The van der Waals surface area contributed by atoms with Gasteiger partial charge in [-0.15, -0.1) is 0 Å². The van der Waals surface area contributed by atoms with Crippen molar-refractivity contribution in [2.45, 2.75) is 71.3 Å². The average molecular weight is 275 g/mol. The summed E-state index contributed by atoms with van der Waals surface area (Å²) >= 11 is 0. The van der Waals surface area contributed by atoms with Gasteiger partial charge in [-0.1, -0.05) is 26.7 Å². The molecule has 1 aromatic heterocycles. The highest BCUT2D eigenvalue weighted by molar-refractivity contribution is 5.24. The first-order valence-electron chi connectivity index (χ1n) is 8.48. The monoisotopic (exact) mass is 275 g/mol. The molecule has 3 rings (SSSR count). The first kappa shape index (κ1) is 14.2. The van der Waals surface area contributed by atoms with Gasteiger partial charge in [-0.2, -0.15) is 0 Å². The lowest BCUT2D eigenvalue weighted by atomic mass is 9.78. The van der Waals surface area contributed by atoms with Crippen molar-refractivity contribution >= 4 is 0 Å². The van der Waals surface area contributed by atoms with Gasteiger partial charge in [0.25, 0.3) is 0 Å². The maximum Gasteiger partial charge on any atom is 0.108 e. The number of hydrogen-bond acceptors (Lipinski definition) is 2. The highest BCUT2D eigenvalue weighted by Gasteiger charge is 2.35. The van der Waals surface area contributed by atoms with Crippen molar-refractivity contribution < 1.29 is 4.42 Å². The fourth-order valence-electron chi connectivity index (χ4n) is 4.48. The number of aryl methyl sites for hydroxylation is 1. The third-order valence-electron chi connectivity index (χ3n) is 5.28. The molecular weight excluding hydrogens is 246 g/mol. The normalized spacial score (nSPS) is 25.1. The molecule has 112 valence electrons. The topological polar surface area (TPSA) is 25.2 Å². The van der Waals surface area contributed by atoms with Crippen LogP contribution >= 0.6 is 0 Å². The second kappa shape index (κ2) is 5.93. The van der Waals surface area contributed by atoms with Crippen LogP contribution in [-0.4, -0.2) is 6.54 Å². The minimum absolute atomic E-state index is 0.530. The van der Waals surface area contributed by atoms with Crippen molar-refractivity contribution in [2.75, 3.05) is 6.54 Å². The molecule has 0 radical (unpaired) electrons. The summed E-state index contributed by atoms with van der Waals surface area (Å²) < 4.78 is 5.61. The molecule has 0 bridgehead atoms. The van der Waals surface area contributed by atoms with E-state index in [2.05, 4.69) is 25.2 Å². The molecule has 0 saturated heterocycles. The van der Waals surface area contributed by atoms with Crippen LogP contribution in [0.2, 0.25) is 0 Å². The van der Waals surface area contributed by atoms with Gasteiger partial charge in [-0.25, -0.2) is 0 Å². The average Bonchev–Trinajstić information content (AvgIpc) is 3.05. The molecule has 20 heavy (non-hydrogen) atoms. The zero-order valence-corrected chi connectivity index (χ0v) is 13.1. The standard InChI is InChI=1S/C18H29NO/c1-14(2)12-18(9-3-4-10-18)13-19-16-6-5-7-17-15(16)8-11-20-17/h8,11,14,16,19H,3-7,9-10,12-13H2,1-2H3. The highest BCUT2D eigenvalue weighted by Crippen LogP contribution is 2.43. The molecule has 2 aliphatic rings. The summed E-state index contributed by atoms with van der Waals surface area (Å²) in [6.45, 7) is 5.93. The first-order valence-corrected chi connectivity index (χ1v) is 8.48. The molecule has 0 aromatic carbocycles. The third-order valence-corrected chi connectivity index (χ3v) is 5.28. The van der Waals surface area contributed by atoms with Gasteiger partial charge in [0.1, 0.15) is 5.76 Å². The second-order valence-electron chi connectivity index (χ2n) is 7.43. The SMILES string of the molecule is CC(C)CC1(CNC2CCCc3occc32)CCCC1. The molecule has 2 nitrogen and oxygen atoms in total. The van der Waals surface area contributed by atoms with Gasteiger partial charge in [0.2, 0.25) is 0 Å². The number of rotatable bonds is 5. The van der Waals surface area contributed by atoms with Gasteiger partial charge in [-0.05, 0) is 49.5 Å². The molecule has 2 aliphatic carbocycles. The molecule has 0 amide bonds. The number of furan rings is 1. The fraction of sp³-hybridized carbons (Fsp3) is 0.778. The van der Waals surface area contributed by atoms with E-state index in [0.29, 0.717) is 11.5 Å². The third kappa shape index (κ3) is 2.95. The van der Waals surface area contributed by atoms with Gasteiger partial charge in [0.15, 0.2) is 0 Å². The number of nitrogens with one attached hydrogen (secondary N) is 1. The Bertz CT molecular complexity index is 428. The predicted molar refractivity (Wildman–Crippen MR) is 82.7 cm³/mol. The number of fused-ring (bicyclic) bond motifs is 1. The van der Waals surface area contributed by atoms with E-state index in [1.165, 1.54) is 62.8 Å². The van der Waals surface area contributed by atoms with Crippen LogP contribution in [0.5, 0.6) is 0 Å². The maximum atomic E-state index is 5.61. The van der Waals surface area contributed by atoms with Crippen molar-refractivity contribution in [3.8, 4) is 0 Å². The van der Waals surface area contributed by atoms with E-state index in [0.717, 1.165) is 12.3 Å². The van der Waals surface area contributed by atoms with E-state index in [4.69, 9.17) is 4.42 Å². The van der Waals surface area contributed by atoms with Crippen molar-refractivity contribution in [2.24, 2.45) is 11.3 Å². The Labute approximate surface area is 123 Å². The molecule has 1 saturated carbocycles. The van der Waals surface area contributed by atoms with Crippen LogP contribution in [0, 0.1) is 11.3 Å². The minimum atomic E-state index is 0.530. The van der Waals surface area contributed by atoms with E-state index in [1.807, 2.05) is 6.26 Å². The van der Waals surface area contributed by atoms with Gasteiger partial charge in [0.05, 0.1) is 6.26 Å². The van der Waals surface area contributed by atoms with Gasteiger partial charge in [-0.3, -0.25) is 0 Å². The summed E-state index contributed by atoms with van der Waals surface area (Å²) in [7, 11) is 0. The Kier molecular flexibility index (Phi) is 4.21. The van der Waals surface area contributed by atoms with E-state index < -0.39 is 0 Å². The molecule has 0 aliphatic heterocycles. The Hall–Kier alpha value is -0.760. The van der Waals surface area contributed by atoms with Gasteiger partial charge >= 0.3 is 0 Å². The summed E-state index contributed by atoms with van der Waals surface area (Å²) in [6, 6.07) is 2.71. The van der Waals surface area contributed by atoms with Crippen LogP contribution in [-0.2, 0) is 6.42 Å². The minimum Gasteiger partial charge on any atom is -0.469 e. The number of hydrogen-bond donors (Lipinski definition) is 1. The van der Waals surface area contributed by atoms with Crippen LogP contribution in [0.1, 0.15) is 76.2 Å². The molecule has 0 spiro atoms. The molecule has 1 aromatic rings. The van der Waals surface area contributed by atoms with Crippen LogP contribution in [0.25, 0.3) is 0 Å². The molecule has 2 heteroatoms. The predicted octanol–water partition coefficient (Wildman–Crippen LogP) is 4.85. The Morgan fingerprint density at radius 2 is 2.10 bits per heavy atom. The van der Waals surface area contributed by atoms with Crippen LogP contribution in [0.15, 0.2) is 16.7 Å². The zero-order valence-electron chi connectivity index (χ0n) is 13.1. The van der Waals surface area contributed by atoms with Crippen LogP contribution in [0.3, 0.4) is 0 Å². The largest absolute Gasteiger partial charge is 0.469 e. The molecule has 1 fully saturated rings. The fourth-order valence-corrected chi connectivity index (χ4v) is 4.48. The van der Waals surface area contributed by atoms with Crippen molar-refractivity contribution in [3.05, 3.63) is 23.7 Å². The van der Waals surface area contributed by atoms with E-state index >= 15 is 0 Å². The van der Waals surface area contributed by atoms with E-state index in [1.54, 1.807) is 0 Å². The summed E-state index contributed by atoms with van der Waals surface area (Å²) in [5.41, 5.74) is 1.99. The lowest BCUT2D eigenvalue weighted by Crippen LogP contribution is -2.36.